The van der Waals surface area contributed by atoms with Gasteiger partial charge in [-0.15, -0.1) is 0 Å². The second-order valence-electron chi connectivity index (χ2n) is 7.55. The number of methoxy groups -OCH3 is 1. The largest absolute Gasteiger partial charge is 0.399 e. The van der Waals surface area contributed by atoms with Crippen LogP contribution < -0.4 is 10.9 Å². The molecule has 5 rings (SSSR count). The smallest absolute Gasteiger partial charge is 0.282 e. The van der Waals surface area contributed by atoms with Crippen LogP contribution in [0, 0.1) is 0 Å². The van der Waals surface area contributed by atoms with Crippen LogP contribution >= 0.6 is 0 Å². The highest BCUT2D eigenvalue weighted by molar-refractivity contribution is 6.25. The maximum atomic E-state index is 13.4. The van der Waals surface area contributed by atoms with Gasteiger partial charge in [-0.25, -0.2) is 0 Å². The third-order valence-corrected chi connectivity index (χ3v) is 5.54. The zero-order valence-electron chi connectivity index (χ0n) is 17.5. The molecule has 9 heteroatoms. The summed E-state index contributed by atoms with van der Waals surface area (Å²) < 4.78 is 5.27. The highest BCUT2D eigenvalue weighted by atomic mass is 16.5. The fraction of sp³-hybridized carbons (Fsp3) is 0.0833. The molecule has 0 radical (unpaired) electrons. The molecule has 0 aliphatic carbocycles. The highest BCUT2D eigenvalue weighted by Gasteiger charge is 2.48. The molecule has 0 saturated heterocycles. The molecule has 0 aromatic heterocycles. The number of carbonyl (C=O) groups excluding carboxylic acids is 4. The normalized spacial score (nSPS) is 14.7. The number of hydrogen-bond donors (Lipinski definition) is 1. The van der Waals surface area contributed by atoms with E-state index >= 15 is 0 Å². The van der Waals surface area contributed by atoms with Crippen LogP contribution in [0.5, 0.6) is 0 Å². The van der Waals surface area contributed by atoms with Crippen molar-refractivity contribution in [1.82, 2.24) is 10.0 Å². The number of nitrogens with two attached hydrogens (primary N) is 1. The van der Waals surface area contributed by atoms with Gasteiger partial charge in [-0.3, -0.25) is 19.2 Å². The van der Waals surface area contributed by atoms with Crippen LogP contribution in [0.3, 0.4) is 0 Å². The Morgan fingerprint density at radius 3 is 1.55 bits per heavy atom. The maximum Gasteiger partial charge on any atom is 0.282 e. The predicted octanol–water partition coefficient (Wildman–Crippen LogP) is 2.64. The summed E-state index contributed by atoms with van der Waals surface area (Å²) in [6.07, 6.45) is 0. The number of benzene rings is 3. The molecule has 0 spiro atoms. The first-order chi connectivity index (χ1) is 15.9. The molecule has 0 fully saturated rings. The minimum absolute atomic E-state index is 0.0587. The van der Waals surface area contributed by atoms with E-state index in [1.54, 1.807) is 36.4 Å². The first-order valence-corrected chi connectivity index (χ1v) is 10.1. The standard InChI is InChI=1S/C24H18N4O5/c1-33-13-14-12-15(25)10-11-20(14)28(26-21(29)16-6-2-3-7-17(16)22(26)30)27-23(31)18-8-4-5-9-19(18)24(27)32/h2-12H,13,25H2,1H3. The Bertz CT molecular complexity index is 1210. The Morgan fingerprint density at radius 2 is 1.15 bits per heavy atom. The van der Waals surface area contributed by atoms with Crippen molar-refractivity contribution in [1.29, 1.82) is 0 Å². The molecule has 3 aromatic rings. The van der Waals surface area contributed by atoms with Gasteiger partial charge in [0.25, 0.3) is 23.6 Å². The number of nitrogens with zero attached hydrogens (tertiary/aromatic N) is 3. The monoisotopic (exact) mass is 442 g/mol. The van der Waals surface area contributed by atoms with E-state index < -0.39 is 23.6 Å². The average Bonchev–Trinajstić information content (AvgIpc) is 3.22. The second-order valence-corrected chi connectivity index (χ2v) is 7.55. The summed E-state index contributed by atoms with van der Waals surface area (Å²) in [4.78, 5) is 53.4. The number of ether oxygens (including phenoxy) is 1. The number of anilines is 2. The van der Waals surface area contributed by atoms with Crippen molar-refractivity contribution in [3.63, 3.8) is 0 Å². The van der Waals surface area contributed by atoms with Gasteiger partial charge >= 0.3 is 0 Å². The molecule has 0 bridgehead atoms. The quantitative estimate of drug-likeness (QED) is 0.477. The van der Waals surface area contributed by atoms with E-state index in [9.17, 15) is 19.2 Å². The molecule has 2 aliphatic heterocycles. The van der Waals surface area contributed by atoms with Crippen LogP contribution in [-0.2, 0) is 11.3 Å². The van der Waals surface area contributed by atoms with E-state index in [1.165, 1.54) is 37.4 Å². The maximum absolute atomic E-state index is 13.4. The molecule has 9 nitrogen and oxygen atoms in total. The Balaban J connectivity index is 1.72. The molecular formula is C24H18N4O5. The predicted molar refractivity (Wildman–Crippen MR) is 118 cm³/mol. The Hall–Kier alpha value is -4.50. The van der Waals surface area contributed by atoms with Crippen molar-refractivity contribution >= 4 is 35.0 Å². The molecule has 2 N–H and O–H groups in total. The Kier molecular flexibility index (Phi) is 4.68. The van der Waals surface area contributed by atoms with Crippen LogP contribution in [0.1, 0.15) is 47.0 Å². The number of hydrazine groups is 2. The molecule has 0 atom stereocenters. The fourth-order valence-corrected chi connectivity index (χ4v) is 4.07. The number of nitrogen functional groups attached to an aromatic ring is 1. The molecule has 2 aliphatic rings. The van der Waals surface area contributed by atoms with Gasteiger partial charge in [0.2, 0.25) is 0 Å². The second kappa shape index (κ2) is 7.57. The molecular weight excluding hydrogens is 424 g/mol. The highest BCUT2D eigenvalue weighted by Crippen LogP contribution is 2.35. The lowest BCUT2D eigenvalue weighted by molar-refractivity contribution is 0.0407. The van der Waals surface area contributed by atoms with Gasteiger partial charge < -0.3 is 10.5 Å². The zero-order valence-corrected chi connectivity index (χ0v) is 17.5. The summed E-state index contributed by atoms with van der Waals surface area (Å²) in [7, 11) is 1.47. The molecule has 4 amide bonds. The van der Waals surface area contributed by atoms with Gasteiger partial charge in [0.05, 0.1) is 34.5 Å². The van der Waals surface area contributed by atoms with Gasteiger partial charge in [0, 0.05) is 18.4 Å². The fourth-order valence-electron chi connectivity index (χ4n) is 4.07. The summed E-state index contributed by atoms with van der Waals surface area (Å²) in [5.41, 5.74) is 7.76. The van der Waals surface area contributed by atoms with Crippen molar-refractivity contribution in [2.75, 3.05) is 18.0 Å². The van der Waals surface area contributed by atoms with Gasteiger partial charge in [0.15, 0.2) is 0 Å². The lowest BCUT2D eigenvalue weighted by Gasteiger charge is -2.37. The summed E-state index contributed by atoms with van der Waals surface area (Å²) >= 11 is 0. The average molecular weight is 442 g/mol. The molecule has 3 aromatic carbocycles. The minimum Gasteiger partial charge on any atom is -0.399 e. The minimum atomic E-state index is -0.660. The molecule has 0 unspecified atom stereocenters. The van der Waals surface area contributed by atoms with E-state index in [4.69, 9.17) is 10.5 Å². The molecule has 164 valence electrons. The van der Waals surface area contributed by atoms with Gasteiger partial charge in [-0.2, -0.15) is 15.1 Å². The number of fused-ring (bicyclic) bond motifs is 2. The molecule has 33 heavy (non-hydrogen) atoms. The summed E-state index contributed by atoms with van der Waals surface area (Å²) in [6, 6.07) is 17.3. The Labute approximate surface area is 188 Å². The Morgan fingerprint density at radius 1 is 0.727 bits per heavy atom. The van der Waals surface area contributed by atoms with Crippen LogP contribution in [0.25, 0.3) is 0 Å². The van der Waals surface area contributed by atoms with E-state index in [0.717, 1.165) is 15.1 Å². The SMILES string of the molecule is COCc1cc(N)ccc1N(N1C(=O)c2ccccc2C1=O)N1C(=O)c2ccccc2C1=O. The first-order valence-electron chi connectivity index (χ1n) is 10.1. The summed E-state index contributed by atoms with van der Waals surface area (Å²) in [5.74, 6) is -2.64. The number of amides is 4. The van der Waals surface area contributed by atoms with E-state index in [1.807, 2.05) is 0 Å². The van der Waals surface area contributed by atoms with Gasteiger partial charge in [0.1, 0.15) is 0 Å². The molecule has 2 heterocycles. The van der Waals surface area contributed by atoms with Crippen molar-refractivity contribution in [2.45, 2.75) is 6.61 Å². The number of imide groups is 2. The van der Waals surface area contributed by atoms with E-state index in [2.05, 4.69) is 0 Å². The lowest BCUT2D eigenvalue weighted by Crippen LogP contribution is -2.58. The van der Waals surface area contributed by atoms with Crippen LogP contribution in [0.2, 0.25) is 0 Å². The van der Waals surface area contributed by atoms with Crippen molar-refractivity contribution in [3.05, 3.63) is 94.5 Å². The van der Waals surface area contributed by atoms with Gasteiger partial charge in [-0.1, -0.05) is 24.3 Å². The third-order valence-electron chi connectivity index (χ3n) is 5.54. The van der Waals surface area contributed by atoms with E-state index in [-0.39, 0.29) is 34.5 Å². The zero-order chi connectivity index (χ0) is 23.3. The third kappa shape index (κ3) is 2.98. The number of carbonyl (C=O) groups is 4. The summed E-state index contributed by atoms with van der Waals surface area (Å²) in [5, 5.41) is 2.64. The van der Waals surface area contributed by atoms with Crippen molar-refractivity contribution in [2.24, 2.45) is 0 Å². The van der Waals surface area contributed by atoms with Crippen molar-refractivity contribution in [3.8, 4) is 0 Å². The number of hydrogen-bond acceptors (Lipinski definition) is 7. The van der Waals surface area contributed by atoms with Crippen LogP contribution in [0.15, 0.2) is 66.7 Å². The topological polar surface area (TPSA) is 113 Å². The van der Waals surface area contributed by atoms with Crippen molar-refractivity contribution < 1.29 is 23.9 Å². The lowest BCUT2D eigenvalue weighted by atomic mass is 10.1. The summed E-state index contributed by atoms with van der Waals surface area (Å²) in [6.45, 7) is 0.0587. The van der Waals surface area contributed by atoms with Crippen LogP contribution in [-0.4, -0.2) is 40.8 Å². The first kappa shape index (κ1) is 20.4. The van der Waals surface area contributed by atoms with Crippen LogP contribution in [0.4, 0.5) is 11.4 Å². The number of rotatable bonds is 5. The van der Waals surface area contributed by atoms with Gasteiger partial charge in [-0.05, 0) is 42.5 Å². The molecule has 0 saturated carbocycles. The van der Waals surface area contributed by atoms with E-state index in [0.29, 0.717) is 11.3 Å².